The maximum absolute atomic E-state index is 11.8. The highest BCUT2D eigenvalue weighted by Crippen LogP contribution is 2.38. The zero-order chi connectivity index (χ0) is 26.5. The van der Waals surface area contributed by atoms with E-state index in [1.807, 2.05) is 18.2 Å². The summed E-state index contributed by atoms with van der Waals surface area (Å²) in [5.74, 6) is 0. The first-order valence-electron chi connectivity index (χ1n) is 11.1. The van der Waals surface area contributed by atoms with Crippen LogP contribution in [0.5, 0.6) is 0 Å². The molecule has 1 saturated heterocycles. The largest absolute Gasteiger partial charge is 0.387 e. The van der Waals surface area contributed by atoms with Crippen molar-refractivity contribution in [1.82, 2.24) is 20.0 Å². The molecule has 17 heteroatoms. The monoisotopic (exact) mass is 575 g/mol. The Morgan fingerprint density at radius 3 is 2.76 bits per heavy atom. The fourth-order valence-electron chi connectivity index (χ4n) is 4.55. The van der Waals surface area contributed by atoms with Crippen molar-refractivity contribution >= 4 is 46.2 Å². The lowest BCUT2D eigenvalue weighted by atomic mass is 10.1. The molecule has 1 fully saturated rings. The van der Waals surface area contributed by atoms with Gasteiger partial charge in [0.1, 0.15) is 23.5 Å². The summed E-state index contributed by atoms with van der Waals surface area (Å²) in [4.78, 5) is 22.0. The van der Waals surface area contributed by atoms with Crippen LogP contribution in [0.2, 0.25) is 5.15 Å². The summed E-state index contributed by atoms with van der Waals surface area (Å²) in [6, 6.07) is 9.68. The van der Waals surface area contributed by atoms with Crippen LogP contribution in [-0.4, -0.2) is 78.8 Å². The number of aryl methyl sites for hydroxylation is 1. The zero-order valence-corrected chi connectivity index (χ0v) is 21.4. The van der Waals surface area contributed by atoms with E-state index in [1.54, 1.807) is 6.07 Å². The molecule has 200 valence electrons. The molecule has 2 aromatic heterocycles. The van der Waals surface area contributed by atoms with Gasteiger partial charge >= 0.3 is 7.60 Å². The van der Waals surface area contributed by atoms with Gasteiger partial charge < -0.3 is 30.1 Å². The lowest BCUT2D eigenvalue weighted by Crippen LogP contribution is -2.34. The Balaban J connectivity index is 1.37. The molecule has 5 rings (SSSR count). The van der Waals surface area contributed by atoms with Crippen molar-refractivity contribution in [2.75, 3.05) is 17.4 Å². The fraction of sp³-hybridized carbons (Fsp3) is 0.450. The molecule has 0 bridgehead atoms. The van der Waals surface area contributed by atoms with E-state index >= 15 is 0 Å². The Bertz CT molecular complexity index is 1480. The average molecular weight is 576 g/mol. The second kappa shape index (κ2) is 9.84. The number of anilines is 1. The molecule has 3 aromatic rings. The molecule has 37 heavy (non-hydrogen) atoms. The van der Waals surface area contributed by atoms with E-state index < -0.39 is 54.4 Å². The van der Waals surface area contributed by atoms with Gasteiger partial charge in [-0.3, -0.25) is 8.75 Å². The molecule has 0 amide bonds. The maximum atomic E-state index is 11.8. The van der Waals surface area contributed by atoms with Crippen LogP contribution in [0.4, 0.5) is 5.69 Å². The summed E-state index contributed by atoms with van der Waals surface area (Å²) >= 11 is 6.27. The number of fused-ring (bicyclic) bond motifs is 2. The Labute approximate surface area is 215 Å². The molecule has 3 heterocycles. The Morgan fingerprint density at radius 1 is 1.24 bits per heavy atom. The van der Waals surface area contributed by atoms with Crippen molar-refractivity contribution in [2.24, 2.45) is 0 Å². The molecule has 1 aliphatic heterocycles. The van der Waals surface area contributed by atoms with E-state index in [0.29, 0.717) is 11.2 Å². The van der Waals surface area contributed by atoms with Crippen molar-refractivity contribution < 1.29 is 41.9 Å². The quantitative estimate of drug-likeness (QED) is 0.142. The van der Waals surface area contributed by atoms with Crippen LogP contribution in [0.3, 0.4) is 0 Å². The molecule has 0 unspecified atom stereocenters. The molecule has 14 nitrogen and oxygen atoms in total. The van der Waals surface area contributed by atoms with Crippen molar-refractivity contribution in [1.29, 1.82) is 0 Å². The summed E-state index contributed by atoms with van der Waals surface area (Å²) in [7, 11) is -9.53. The number of aromatic nitrogens is 4. The van der Waals surface area contributed by atoms with Gasteiger partial charge in [-0.15, -0.1) is 5.10 Å². The van der Waals surface area contributed by atoms with E-state index in [2.05, 4.69) is 30.9 Å². The topological polar surface area (TPSA) is 206 Å². The molecular formula is C20H23ClN5O9PS. The fourth-order valence-corrected chi connectivity index (χ4v) is 7.02. The van der Waals surface area contributed by atoms with Gasteiger partial charge in [0, 0.05) is 6.07 Å². The highest BCUT2D eigenvalue weighted by molar-refractivity contribution is 7.93. The second-order valence-electron chi connectivity index (χ2n) is 8.82. The highest BCUT2D eigenvalue weighted by atomic mass is 35.5. The summed E-state index contributed by atoms with van der Waals surface area (Å²) < 4.78 is 45.9. The smallest absolute Gasteiger partial charge is 0.343 e. The zero-order valence-electron chi connectivity index (χ0n) is 19.0. The van der Waals surface area contributed by atoms with E-state index in [-0.39, 0.29) is 16.8 Å². The number of aliphatic hydroxyl groups is 2. The number of nitrogens with zero attached hydrogens (tertiary/aromatic N) is 4. The SMILES string of the molecule is O=P(O)(O)CS(=O)(=O)OC[C@@H]1O[C@@H](n2nnc3c(N[C@@H]4CCc5ccccc54)cc(Cl)nc32)[C@H](O)[C@@H]1O. The van der Waals surface area contributed by atoms with Gasteiger partial charge in [-0.1, -0.05) is 41.1 Å². The highest BCUT2D eigenvalue weighted by Gasteiger charge is 2.46. The lowest BCUT2D eigenvalue weighted by molar-refractivity contribution is -0.0535. The third-order valence-electron chi connectivity index (χ3n) is 6.18. The van der Waals surface area contributed by atoms with Gasteiger partial charge in [0.25, 0.3) is 10.1 Å². The Kier molecular flexibility index (Phi) is 7.02. The number of nitrogens with one attached hydrogen (secondary N) is 1. The molecule has 1 aromatic carbocycles. The van der Waals surface area contributed by atoms with Gasteiger partial charge in [0.15, 0.2) is 22.9 Å². The van der Waals surface area contributed by atoms with Gasteiger partial charge in [0.2, 0.25) is 0 Å². The number of halogens is 1. The van der Waals surface area contributed by atoms with E-state index in [4.69, 9.17) is 26.1 Å². The number of rotatable bonds is 8. The summed E-state index contributed by atoms with van der Waals surface area (Å²) in [5, 5.41) is 32.7. The molecule has 0 saturated carbocycles. The van der Waals surface area contributed by atoms with Gasteiger partial charge in [-0.25, -0.2) is 4.98 Å². The Hall–Kier alpha value is -2.20. The second-order valence-corrected chi connectivity index (χ2v) is 12.9. The van der Waals surface area contributed by atoms with Gasteiger partial charge in [-0.05, 0) is 24.0 Å². The van der Waals surface area contributed by atoms with Gasteiger partial charge in [-0.2, -0.15) is 13.1 Å². The minimum Gasteiger partial charge on any atom is -0.387 e. The van der Waals surface area contributed by atoms with Crippen LogP contribution >= 0.6 is 19.2 Å². The van der Waals surface area contributed by atoms with Crippen molar-refractivity contribution in [3.8, 4) is 0 Å². The number of ether oxygens (including phenoxy) is 1. The Morgan fingerprint density at radius 2 is 2.00 bits per heavy atom. The van der Waals surface area contributed by atoms with Crippen LogP contribution in [0.25, 0.3) is 11.2 Å². The number of hydrogen-bond donors (Lipinski definition) is 5. The van der Waals surface area contributed by atoms with Crippen LogP contribution < -0.4 is 5.32 Å². The molecule has 2 aliphatic rings. The lowest BCUT2D eigenvalue weighted by Gasteiger charge is -2.17. The first-order chi connectivity index (χ1) is 17.4. The van der Waals surface area contributed by atoms with Crippen LogP contribution in [0.1, 0.15) is 29.8 Å². The number of hydrogen-bond acceptors (Lipinski definition) is 11. The minimum atomic E-state index is -4.91. The number of pyridine rings is 1. The van der Waals surface area contributed by atoms with Crippen molar-refractivity contribution in [3.63, 3.8) is 0 Å². The first kappa shape index (κ1) is 26.4. The minimum absolute atomic E-state index is 0.00906. The third kappa shape index (κ3) is 5.50. The summed E-state index contributed by atoms with van der Waals surface area (Å²) in [5.41, 5.74) is 1.90. The predicted molar refractivity (Wildman–Crippen MR) is 129 cm³/mol. The van der Waals surface area contributed by atoms with Crippen molar-refractivity contribution in [2.45, 2.75) is 43.4 Å². The normalized spacial score (nSPS) is 26.0. The van der Waals surface area contributed by atoms with Crippen LogP contribution in [0.15, 0.2) is 30.3 Å². The van der Waals surface area contributed by atoms with Gasteiger partial charge in [0.05, 0.1) is 18.3 Å². The average Bonchev–Trinajstić information content (AvgIpc) is 3.48. The molecule has 1 aliphatic carbocycles. The van der Waals surface area contributed by atoms with E-state index in [9.17, 15) is 23.2 Å². The molecular weight excluding hydrogens is 553 g/mol. The van der Waals surface area contributed by atoms with Crippen LogP contribution in [0, 0.1) is 0 Å². The molecule has 0 radical (unpaired) electrons. The standard InChI is InChI=1S/C20H23ClN5O9PS/c21-15-7-13(22-12-6-5-10-3-1-2-4-11(10)12)16-19(23-15)26(25-24-16)20-18(28)17(27)14(35-20)8-34-37(32,33)9-36(29,30)31/h1-4,7,12,14,17-18,20,27-28H,5-6,8-9H2,(H,22,23)(H2,29,30,31)/t12-,14+,17-,18-,20-/m1/s1. The first-order valence-corrected chi connectivity index (χ1v) is 14.9. The third-order valence-corrected chi connectivity index (χ3v) is 9.48. The number of aliphatic hydroxyl groups excluding tert-OH is 2. The predicted octanol–water partition coefficient (Wildman–Crippen LogP) is 0.680. The maximum Gasteiger partial charge on any atom is 0.343 e. The van der Waals surface area contributed by atoms with Crippen LogP contribution in [-0.2, 0) is 30.0 Å². The molecule has 5 atom stereocenters. The molecule has 0 spiro atoms. The number of benzene rings is 1. The molecule has 5 N–H and O–H groups in total. The summed E-state index contributed by atoms with van der Waals surface area (Å²) in [6.07, 6.45) is -4.11. The van der Waals surface area contributed by atoms with Crippen molar-refractivity contribution in [3.05, 3.63) is 46.6 Å². The van der Waals surface area contributed by atoms with E-state index in [1.165, 1.54) is 5.56 Å². The van der Waals surface area contributed by atoms with E-state index in [0.717, 1.165) is 23.1 Å². The summed E-state index contributed by atoms with van der Waals surface area (Å²) in [6.45, 7) is -0.800.